The van der Waals surface area contributed by atoms with Crippen molar-refractivity contribution in [3.63, 3.8) is 0 Å². The first-order chi connectivity index (χ1) is 12.0. The molecule has 2 N–H and O–H groups in total. The second-order valence-corrected chi connectivity index (χ2v) is 6.04. The number of carbonyl (C=O) groups is 2. The number of ether oxygens (including phenoxy) is 1. The predicted molar refractivity (Wildman–Crippen MR) is 97.0 cm³/mol. The van der Waals surface area contributed by atoms with Gasteiger partial charge in [-0.1, -0.05) is 6.92 Å². The van der Waals surface area contributed by atoms with Crippen LogP contribution in [0, 0.1) is 0 Å². The van der Waals surface area contributed by atoms with E-state index in [0.717, 1.165) is 12.5 Å². The lowest BCUT2D eigenvalue weighted by Gasteiger charge is -2.07. The fraction of sp³-hybridized carbons (Fsp3) is 0.294. The summed E-state index contributed by atoms with van der Waals surface area (Å²) in [6.45, 7) is 2.28. The standard InChI is InChI=1S/C17H19N3O4S/c1-3-8-24-17(23)11-4-6-12(7-5-11)18-16(22)13-9-15(21)20-14(19-13)10-25-2/h4-7,9H,3,8,10H2,1-2H3,(H,18,22)(H,19,20,21). The number of nitrogens with zero attached hydrogens (tertiary/aromatic N) is 1. The molecular weight excluding hydrogens is 342 g/mol. The van der Waals surface area contributed by atoms with Crippen LogP contribution in [0.4, 0.5) is 5.69 Å². The van der Waals surface area contributed by atoms with E-state index < -0.39 is 11.9 Å². The highest BCUT2D eigenvalue weighted by atomic mass is 32.2. The van der Waals surface area contributed by atoms with E-state index in [4.69, 9.17) is 4.74 Å². The van der Waals surface area contributed by atoms with Crippen molar-refractivity contribution in [3.8, 4) is 0 Å². The van der Waals surface area contributed by atoms with E-state index in [1.807, 2.05) is 13.2 Å². The number of hydrogen-bond donors (Lipinski definition) is 2. The Morgan fingerprint density at radius 3 is 2.64 bits per heavy atom. The highest BCUT2D eigenvalue weighted by Gasteiger charge is 2.12. The highest BCUT2D eigenvalue weighted by molar-refractivity contribution is 7.97. The van der Waals surface area contributed by atoms with Crippen molar-refractivity contribution in [2.24, 2.45) is 0 Å². The normalized spacial score (nSPS) is 10.3. The summed E-state index contributed by atoms with van der Waals surface area (Å²) in [4.78, 5) is 42.3. The average molecular weight is 361 g/mol. The fourth-order valence-corrected chi connectivity index (χ4v) is 2.40. The number of carbonyl (C=O) groups excluding carboxylic acids is 2. The number of benzene rings is 1. The van der Waals surface area contributed by atoms with E-state index in [1.165, 1.54) is 11.8 Å². The van der Waals surface area contributed by atoms with Gasteiger partial charge in [0, 0.05) is 11.8 Å². The maximum atomic E-state index is 12.3. The zero-order valence-corrected chi connectivity index (χ0v) is 14.8. The van der Waals surface area contributed by atoms with Gasteiger partial charge in [0.25, 0.3) is 11.5 Å². The smallest absolute Gasteiger partial charge is 0.338 e. The Hall–Kier alpha value is -2.61. The summed E-state index contributed by atoms with van der Waals surface area (Å²) < 4.78 is 5.04. The van der Waals surface area contributed by atoms with Crippen LogP contribution in [0.15, 0.2) is 35.1 Å². The van der Waals surface area contributed by atoms with Crippen molar-refractivity contribution in [1.82, 2.24) is 9.97 Å². The van der Waals surface area contributed by atoms with Gasteiger partial charge in [-0.15, -0.1) is 0 Å². The first-order valence-electron chi connectivity index (χ1n) is 7.71. The molecule has 0 unspecified atom stereocenters. The summed E-state index contributed by atoms with van der Waals surface area (Å²) in [5.41, 5.74) is 0.561. The molecule has 0 radical (unpaired) electrons. The number of hydrogen-bond acceptors (Lipinski definition) is 6. The van der Waals surface area contributed by atoms with Crippen molar-refractivity contribution in [1.29, 1.82) is 0 Å². The van der Waals surface area contributed by atoms with Crippen LogP contribution >= 0.6 is 11.8 Å². The van der Waals surface area contributed by atoms with Gasteiger partial charge in [-0.25, -0.2) is 9.78 Å². The summed E-state index contributed by atoms with van der Waals surface area (Å²) in [6, 6.07) is 7.47. The molecule has 1 heterocycles. The predicted octanol–water partition coefficient (Wildman–Crippen LogP) is 2.45. The topological polar surface area (TPSA) is 101 Å². The van der Waals surface area contributed by atoms with E-state index in [0.29, 0.717) is 29.4 Å². The van der Waals surface area contributed by atoms with Gasteiger partial charge < -0.3 is 15.0 Å². The third-order valence-corrected chi connectivity index (χ3v) is 3.68. The number of aromatic nitrogens is 2. The molecule has 7 nitrogen and oxygen atoms in total. The lowest BCUT2D eigenvalue weighted by atomic mass is 10.2. The number of anilines is 1. The Balaban J connectivity index is 2.08. The van der Waals surface area contributed by atoms with Gasteiger partial charge >= 0.3 is 5.97 Å². The van der Waals surface area contributed by atoms with Crippen molar-refractivity contribution in [2.75, 3.05) is 18.2 Å². The van der Waals surface area contributed by atoms with Crippen molar-refractivity contribution < 1.29 is 14.3 Å². The highest BCUT2D eigenvalue weighted by Crippen LogP contribution is 2.12. The number of rotatable bonds is 7. The third kappa shape index (κ3) is 5.46. The second kappa shape index (κ2) is 9.03. The minimum Gasteiger partial charge on any atom is -0.462 e. The number of esters is 1. The molecule has 0 saturated carbocycles. The Kier molecular flexibility index (Phi) is 6.76. The van der Waals surface area contributed by atoms with Crippen LogP contribution in [-0.4, -0.2) is 34.7 Å². The molecule has 132 valence electrons. The summed E-state index contributed by atoms with van der Waals surface area (Å²) in [7, 11) is 0. The number of H-pyrrole nitrogens is 1. The minimum absolute atomic E-state index is 0.0410. The molecule has 1 aromatic carbocycles. The number of nitrogens with one attached hydrogen (secondary N) is 2. The molecule has 8 heteroatoms. The SMILES string of the molecule is CCCOC(=O)c1ccc(NC(=O)c2cc(=O)[nH]c(CSC)n2)cc1. The molecule has 2 rings (SSSR count). The van der Waals surface area contributed by atoms with Crippen LogP contribution in [0.2, 0.25) is 0 Å². The average Bonchev–Trinajstić information content (AvgIpc) is 2.60. The molecule has 1 amide bonds. The zero-order valence-electron chi connectivity index (χ0n) is 14.0. The fourth-order valence-electron chi connectivity index (χ4n) is 1.99. The summed E-state index contributed by atoms with van der Waals surface area (Å²) in [5.74, 6) is 0.0527. The van der Waals surface area contributed by atoms with Gasteiger partial charge in [-0.3, -0.25) is 9.59 Å². The lowest BCUT2D eigenvalue weighted by Crippen LogP contribution is -2.20. The van der Waals surface area contributed by atoms with Gasteiger partial charge in [0.05, 0.1) is 17.9 Å². The molecule has 0 atom stereocenters. The quantitative estimate of drug-likeness (QED) is 0.735. The molecule has 0 spiro atoms. The molecule has 0 bridgehead atoms. The van der Waals surface area contributed by atoms with Crippen LogP contribution in [0.3, 0.4) is 0 Å². The first kappa shape index (κ1) is 18.7. The lowest BCUT2D eigenvalue weighted by molar-refractivity contribution is 0.0505. The maximum absolute atomic E-state index is 12.3. The molecule has 2 aromatic rings. The summed E-state index contributed by atoms with van der Waals surface area (Å²) >= 11 is 1.49. The summed E-state index contributed by atoms with van der Waals surface area (Å²) in [6.07, 6.45) is 2.63. The Bertz CT molecular complexity index is 802. The molecule has 0 aliphatic rings. The molecule has 25 heavy (non-hydrogen) atoms. The van der Waals surface area contributed by atoms with Crippen LogP contribution in [-0.2, 0) is 10.5 Å². The molecular formula is C17H19N3O4S. The van der Waals surface area contributed by atoms with Gasteiger partial charge in [0.15, 0.2) is 0 Å². The number of amides is 1. The monoisotopic (exact) mass is 361 g/mol. The van der Waals surface area contributed by atoms with E-state index in [9.17, 15) is 14.4 Å². The Labute approximate surface area is 149 Å². The van der Waals surface area contributed by atoms with Crippen LogP contribution < -0.4 is 10.9 Å². The number of aromatic amines is 1. The van der Waals surface area contributed by atoms with Gasteiger partial charge in [0.2, 0.25) is 0 Å². The molecule has 0 fully saturated rings. The molecule has 1 aromatic heterocycles. The van der Waals surface area contributed by atoms with Gasteiger partial charge in [-0.05, 0) is 36.9 Å². The first-order valence-corrected chi connectivity index (χ1v) is 9.10. The van der Waals surface area contributed by atoms with Crippen LogP contribution in [0.1, 0.15) is 40.0 Å². The minimum atomic E-state index is -0.491. The van der Waals surface area contributed by atoms with Crippen LogP contribution in [0.5, 0.6) is 0 Å². The molecule has 0 saturated heterocycles. The van der Waals surface area contributed by atoms with E-state index in [1.54, 1.807) is 24.3 Å². The Morgan fingerprint density at radius 1 is 1.28 bits per heavy atom. The van der Waals surface area contributed by atoms with Gasteiger partial charge in [-0.2, -0.15) is 11.8 Å². The van der Waals surface area contributed by atoms with E-state index >= 15 is 0 Å². The molecule has 0 aliphatic heterocycles. The van der Waals surface area contributed by atoms with E-state index in [2.05, 4.69) is 15.3 Å². The zero-order chi connectivity index (χ0) is 18.2. The third-order valence-electron chi connectivity index (χ3n) is 3.12. The molecule has 0 aliphatic carbocycles. The Morgan fingerprint density at radius 2 is 2.00 bits per heavy atom. The van der Waals surface area contributed by atoms with Crippen molar-refractivity contribution in [3.05, 3.63) is 57.8 Å². The van der Waals surface area contributed by atoms with Crippen LogP contribution in [0.25, 0.3) is 0 Å². The second-order valence-electron chi connectivity index (χ2n) is 5.18. The van der Waals surface area contributed by atoms with Crippen molar-refractivity contribution in [2.45, 2.75) is 19.1 Å². The maximum Gasteiger partial charge on any atom is 0.338 e. The van der Waals surface area contributed by atoms with Gasteiger partial charge in [0.1, 0.15) is 11.5 Å². The number of thioether (sulfide) groups is 1. The van der Waals surface area contributed by atoms with Crippen molar-refractivity contribution >= 4 is 29.3 Å². The summed E-state index contributed by atoms with van der Waals surface area (Å²) in [5, 5.41) is 2.65. The largest absolute Gasteiger partial charge is 0.462 e. The van der Waals surface area contributed by atoms with E-state index in [-0.39, 0.29) is 11.3 Å².